The molecule has 1 atom stereocenters. The Morgan fingerprint density at radius 3 is 2.50 bits per heavy atom. The van der Waals surface area contributed by atoms with Crippen LogP contribution in [0.4, 0.5) is 5.69 Å². The second kappa shape index (κ2) is 7.33. The lowest BCUT2D eigenvalue weighted by Crippen LogP contribution is -2.25. The van der Waals surface area contributed by atoms with Crippen molar-refractivity contribution in [1.29, 1.82) is 0 Å². The van der Waals surface area contributed by atoms with E-state index in [1.807, 2.05) is 45.9 Å². The van der Waals surface area contributed by atoms with Crippen LogP contribution < -0.4 is 5.32 Å². The zero-order chi connectivity index (χ0) is 15.3. The van der Waals surface area contributed by atoms with Crippen molar-refractivity contribution in [1.82, 2.24) is 0 Å². The summed E-state index contributed by atoms with van der Waals surface area (Å²) >= 11 is 1.16. The number of carbonyl (C=O) groups is 2. The van der Waals surface area contributed by atoms with Crippen molar-refractivity contribution in [2.75, 3.05) is 11.1 Å². The Balaban J connectivity index is 2.60. The van der Waals surface area contributed by atoms with E-state index in [-0.39, 0.29) is 17.6 Å². The van der Waals surface area contributed by atoms with Gasteiger partial charge in [-0.15, -0.1) is 11.8 Å². The number of rotatable bonds is 6. The Kier molecular flexibility index (Phi) is 6.07. The molecule has 5 heteroatoms. The minimum absolute atomic E-state index is 0.00833. The summed E-state index contributed by atoms with van der Waals surface area (Å²) in [6.07, 6.45) is 0. The normalized spacial score (nSPS) is 12.2. The third-order valence-corrected chi connectivity index (χ3v) is 4.44. The molecule has 1 amide bonds. The average Bonchev–Trinajstić information content (AvgIpc) is 2.33. The molecule has 1 aromatic carbocycles. The molecule has 0 bridgehead atoms. The molecule has 0 spiro atoms. The van der Waals surface area contributed by atoms with Gasteiger partial charge in [-0.2, -0.15) is 0 Å². The predicted octanol–water partition coefficient (Wildman–Crippen LogP) is 3.08. The number of thioether (sulfide) groups is 1. The van der Waals surface area contributed by atoms with Crippen LogP contribution in [-0.4, -0.2) is 28.0 Å². The van der Waals surface area contributed by atoms with Crippen LogP contribution >= 0.6 is 11.8 Å². The summed E-state index contributed by atoms with van der Waals surface area (Å²) in [4.78, 5) is 23.0. The highest BCUT2D eigenvalue weighted by Gasteiger charge is 2.23. The Hall–Kier alpha value is -1.49. The second-order valence-corrected chi connectivity index (χ2v) is 6.31. The molecule has 4 nitrogen and oxygen atoms in total. The van der Waals surface area contributed by atoms with Gasteiger partial charge in [-0.3, -0.25) is 9.59 Å². The number of amides is 1. The van der Waals surface area contributed by atoms with E-state index >= 15 is 0 Å². The van der Waals surface area contributed by atoms with Crippen LogP contribution in [0, 0.1) is 19.8 Å². The summed E-state index contributed by atoms with van der Waals surface area (Å²) in [6.45, 7) is 7.57. The van der Waals surface area contributed by atoms with E-state index in [2.05, 4.69) is 5.32 Å². The molecule has 0 aliphatic rings. The molecule has 2 N–H and O–H groups in total. The maximum absolute atomic E-state index is 11.9. The van der Waals surface area contributed by atoms with Gasteiger partial charge in [0.25, 0.3) is 0 Å². The molecule has 0 heterocycles. The number of nitrogens with one attached hydrogen (secondary N) is 1. The largest absolute Gasteiger partial charge is 0.480 e. The number of carbonyl (C=O) groups excluding carboxylic acids is 1. The maximum Gasteiger partial charge on any atom is 0.316 e. The standard InChI is InChI=1S/C15H21NO3S/c1-9(2)14(15(18)19)20-8-13(17)16-12-7-10(3)5-6-11(12)4/h5-7,9,14H,8H2,1-4H3,(H,16,17)(H,18,19). The molecule has 110 valence electrons. The number of benzene rings is 1. The van der Waals surface area contributed by atoms with E-state index in [0.29, 0.717) is 0 Å². The Morgan fingerprint density at radius 1 is 1.30 bits per heavy atom. The van der Waals surface area contributed by atoms with Crippen LogP contribution in [0.3, 0.4) is 0 Å². The summed E-state index contributed by atoms with van der Waals surface area (Å²) in [5.74, 6) is -0.908. The quantitative estimate of drug-likeness (QED) is 0.846. The fourth-order valence-corrected chi connectivity index (χ4v) is 2.70. The summed E-state index contributed by atoms with van der Waals surface area (Å²) in [6, 6.07) is 5.85. The van der Waals surface area contributed by atoms with Crippen LogP contribution in [0.2, 0.25) is 0 Å². The third-order valence-electron chi connectivity index (χ3n) is 2.91. The first-order chi connectivity index (χ1) is 9.31. The molecule has 1 unspecified atom stereocenters. The van der Waals surface area contributed by atoms with E-state index in [1.54, 1.807) is 0 Å². The zero-order valence-corrected chi connectivity index (χ0v) is 13.1. The van der Waals surface area contributed by atoms with Crippen LogP contribution in [0.15, 0.2) is 18.2 Å². The average molecular weight is 295 g/mol. The first kappa shape index (κ1) is 16.6. The van der Waals surface area contributed by atoms with Crippen LogP contribution in [0.1, 0.15) is 25.0 Å². The van der Waals surface area contributed by atoms with Gasteiger partial charge in [0, 0.05) is 5.69 Å². The van der Waals surface area contributed by atoms with Gasteiger partial charge in [0.1, 0.15) is 5.25 Å². The lowest BCUT2D eigenvalue weighted by Gasteiger charge is -2.15. The number of carboxylic acid groups (broad SMARTS) is 1. The highest BCUT2D eigenvalue weighted by atomic mass is 32.2. The molecule has 0 aromatic heterocycles. The van der Waals surface area contributed by atoms with Gasteiger partial charge in [0.05, 0.1) is 5.75 Å². The monoisotopic (exact) mass is 295 g/mol. The summed E-state index contributed by atoms with van der Waals surface area (Å²) in [5.41, 5.74) is 2.85. The highest BCUT2D eigenvalue weighted by molar-refractivity contribution is 8.01. The summed E-state index contributed by atoms with van der Waals surface area (Å²) < 4.78 is 0. The number of aryl methyl sites for hydroxylation is 2. The van der Waals surface area contributed by atoms with Crippen molar-refractivity contribution >= 4 is 29.3 Å². The highest BCUT2D eigenvalue weighted by Crippen LogP contribution is 2.21. The molecule has 0 aliphatic heterocycles. The van der Waals surface area contributed by atoms with Crippen molar-refractivity contribution in [2.24, 2.45) is 5.92 Å². The van der Waals surface area contributed by atoms with Gasteiger partial charge in [0.15, 0.2) is 0 Å². The third kappa shape index (κ3) is 4.89. The fourth-order valence-electron chi connectivity index (χ4n) is 1.77. The molecule has 0 saturated carbocycles. The van der Waals surface area contributed by atoms with Crippen molar-refractivity contribution in [2.45, 2.75) is 32.9 Å². The smallest absolute Gasteiger partial charge is 0.316 e. The van der Waals surface area contributed by atoms with Gasteiger partial charge in [-0.05, 0) is 37.0 Å². The lowest BCUT2D eigenvalue weighted by atomic mass is 10.1. The van der Waals surface area contributed by atoms with Crippen molar-refractivity contribution in [3.05, 3.63) is 29.3 Å². The minimum atomic E-state index is -0.871. The first-order valence-electron chi connectivity index (χ1n) is 6.52. The van der Waals surface area contributed by atoms with Crippen molar-refractivity contribution in [3.63, 3.8) is 0 Å². The number of carboxylic acids is 1. The SMILES string of the molecule is Cc1ccc(C)c(NC(=O)CSC(C(=O)O)C(C)C)c1. The van der Waals surface area contributed by atoms with E-state index in [4.69, 9.17) is 5.11 Å². The van der Waals surface area contributed by atoms with Crippen molar-refractivity contribution in [3.8, 4) is 0 Å². The Bertz CT molecular complexity index is 500. The molecule has 20 heavy (non-hydrogen) atoms. The Labute approximate surface area is 124 Å². The molecule has 1 aromatic rings. The molecule has 0 fully saturated rings. The second-order valence-electron chi connectivity index (χ2n) is 5.18. The number of hydrogen-bond acceptors (Lipinski definition) is 3. The van der Waals surface area contributed by atoms with Crippen LogP contribution in [-0.2, 0) is 9.59 Å². The Morgan fingerprint density at radius 2 is 1.95 bits per heavy atom. The molecule has 0 radical (unpaired) electrons. The van der Waals surface area contributed by atoms with Gasteiger partial charge in [-0.25, -0.2) is 0 Å². The molecule has 1 rings (SSSR count). The lowest BCUT2D eigenvalue weighted by molar-refractivity contribution is -0.137. The predicted molar refractivity (Wildman–Crippen MR) is 83.3 cm³/mol. The minimum Gasteiger partial charge on any atom is -0.480 e. The van der Waals surface area contributed by atoms with Gasteiger partial charge in [0.2, 0.25) is 5.91 Å². The topological polar surface area (TPSA) is 66.4 Å². The van der Waals surface area contributed by atoms with Gasteiger partial charge >= 0.3 is 5.97 Å². The van der Waals surface area contributed by atoms with Gasteiger partial charge in [-0.1, -0.05) is 26.0 Å². The fraction of sp³-hybridized carbons (Fsp3) is 0.467. The van der Waals surface area contributed by atoms with Crippen molar-refractivity contribution < 1.29 is 14.7 Å². The summed E-state index contributed by atoms with van der Waals surface area (Å²) in [5, 5.41) is 11.3. The van der Waals surface area contributed by atoms with Crippen LogP contribution in [0.5, 0.6) is 0 Å². The van der Waals surface area contributed by atoms with E-state index in [9.17, 15) is 9.59 Å². The first-order valence-corrected chi connectivity index (χ1v) is 7.57. The van der Waals surface area contributed by atoms with Crippen LogP contribution in [0.25, 0.3) is 0 Å². The number of anilines is 1. The summed E-state index contributed by atoms with van der Waals surface area (Å²) in [7, 11) is 0. The van der Waals surface area contributed by atoms with E-state index in [0.717, 1.165) is 28.6 Å². The van der Waals surface area contributed by atoms with E-state index in [1.165, 1.54) is 0 Å². The van der Waals surface area contributed by atoms with Gasteiger partial charge < -0.3 is 10.4 Å². The number of aliphatic carboxylic acids is 1. The molecule has 0 saturated heterocycles. The maximum atomic E-state index is 11.9. The molecule has 0 aliphatic carbocycles. The molecular formula is C15H21NO3S. The van der Waals surface area contributed by atoms with E-state index < -0.39 is 11.2 Å². The zero-order valence-electron chi connectivity index (χ0n) is 12.3. The molecular weight excluding hydrogens is 274 g/mol. The number of hydrogen-bond donors (Lipinski definition) is 2.